The molecule has 0 saturated heterocycles. The van der Waals surface area contributed by atoms with Gasteiger partial charge in [-0.05, 0) is 43.7 Å². The number of thiazole rings is 1. The van der Waals surface area contributed by atoms with Gasteiger partial charge in [-0.2, -0.15) is 0 Å². The molecule has 0 amide bonds. The second-order valence-electron chi connectivity index (χ2n) is 6.11. The lowest BCUT2D eigenvalue weighted by Gasteiger charge is -2.09. The first-order valence-electron chi connectivity index (χ1n) is 8.59. The Morgan fingerprint density at radius 1 is 1.31 bits per heavy atom. The zero-order valence-corrected chi connectivity index (χ0v) is 16.0. The Morgan fingerprint density at radius 3 is 2.65 bits per heavy atom. The summed E-state index contributed by atoms with van der Waals surface area (Å²) in [6, 6.07) is 9.51. The summed E-state index contributed by atoms with van der Waals surface area (Å²) in [6.07, 6.45) is 2.05. The molecule has 3 rings (SSSR count). The van der Waals surface area contributed by atoms with E-state index in [0.29, 0.717) is 5.56 Å². The number of nitrogens with zero attached hydrogens (tertiary/aromatic N) is 2. The third-order valence-corrected chi connectivity index (χ3v) is 5.33. The Labute approximate surface area is 156 Å². The number of hydrogen-bond donors (Lipinski definition) is 1. The molecule has 0 radical (unpaired) electrons. The lowest BCUT2D eigenvalue weighted by molar-refractivity contribution is 0.0696. The second kappa shape index (κ2) is 7.74. The highest BCUT2D eigenvalue weighted by molar-refractivity contribution is 7.13. The van der Waals surface area contributed by atoms with Crippen molar-refractivity contribution in [1.82, 2.24) is 9.55 Å². The van der Waals surface area contributed by atoms with Gasteiger partial charge in [-0.3, -0.25) is 0 Å². The van der Waals surface area contributed by atoms with Crippen molar-refractivity contribution in [2.24, 2.45) is 0 Å². The first-order valence-corrected chi connectivity index (χ1v) is 9.46. The van der Waals surface area contributed by atoms with Crippen LogP contribution in [0.25, 0.3) is 22.0 Å². The van der Waals surface area contributed by atoms with Crippen molar-refractivity contribution in [2.75, 3.05) is 7.11 Å². The molecule has 136 valence electrons. The SMILES string of the molecule is CCCCn1c(-c2csc(-c3ccc(OC)cc3)n2)cc(C(=O)O)c1C. The summed E-state index contributed by atoms with van der Waals surface area (Å²) >= 11 is 1.55. The van der Waals surface area contributed by atoms with Gasteiger partial charge in [-0.25, -0.2) is 9.78 Å². The van der Waals surface area contributed by atoms with Crippen LogP contribution in [0.5, 0.6) is 5.75 Å². The predicted octanol–water partition coefficient (Wildman–Crippen LogP) is 5.09. The molecule has 6 heteroatoms. The molecule has 0 unspecified atom stereocenters. The summed E-state index contributed by atoms with van der Waals surface area (Å²) < 4.78 is 7.26. The second-order valence-corrected chi connectivity index (χ2v) is 6.96. The molecule has 0 saturated carbocycles. The van der Waals surface area contributed by atoms with E-state index in [2.05, 4.69) is 11.5 Å². The Bertz CT molecular complexity index is 910. The van der Waals surface area contributed by atoms with Crippen molar-refractivity contribution in [1.29, 1.82) is 0 Å². The van der Waals surface area contributed by atoms with E-state index < -0.39 is 5.97 Å². The monoisotopic (exact) mass is 370 g/mol. The van der Waals surface area contributed by atoms with Crippen LogP contribution >= 0.6 is 11.3 Å². The summed E-state index contributed by atoms with van der Waals surface area (Å²) in [5, 5.41) is 12.4. The zero-order chi connectivity index (χ0) is 18.7. The van der Waals surface area contributed by atoms with E-state index >= 15 is 0 Å². The van der Waals surface area contributed by atoms with E-state index in [0.717, 1.165) is 52.8 Å². The molecule has 5 nitrogen and oxygen atoms in total. The van der Waals surface area contributed by atoms with Crippen molar-refractivity contribution in [3.63, 3.8) is 0 Å². The average molecular weight is 370 g/mol. The van der Waals surface area contributed by atoms with Crippen LogP contribution in [0.1, 0.15) is 35.8 Å². The fraction of sp³-hybridized carbons (Fsp3) is 0.300. The fourth-order valence-corrected chi connectivity index (χ4v) is 3.76. The molecule has 0 aliphatic carbocycles. The minimum atomic E-state index is -0.899. The third-order valence-electron chi connectivity index (χ3n) is 4.44. The van der Waals surface area contributed by atoms with Gasteiger partial charge in [0.15, 0.2) is 0 Å². The van der Waals surface area contributed by atoms with Crippen LogP contribution in [0.4, 0.5) is 0 Å². The number of aromatic carboxylic acids is 1. The largest absolute Gasteiger partial charge is 0.497 e. The number of carboxylic acids is 1. The summed E-state index contributed by atoms with van der Waals surface area (Å²) in [5.41, 5.74) is 3.82. The highest BCUT2D eigenvalue weighted by atomic mass is 32.1. The minimum absolute atomic E-state index is 0.343. The molecule has 0 spiro atoms. The van der Waals surface area contributed by atoms with E-state index in [1.54, 1.807) is 24.5 Å². The highest BCUT2D eigenvalue weighted by Crippen LogP contribution is 2.32. The van der Waals surface area contributed by atoms with Gasteiger partial charge in [0.2, 0.25) is 0 Å². The summed E-state index contributed by atoms with van der Waals surface area (Å²) in [4.78, 5) is 16.3. The maximum Gasteiger partial charge on any atom is 0.337 e. The van der Waals surface area contributed by atoms with Crippen LogP contribution < -0.4 is 4.74 Å². The topological polar surface area (TPSA) is 64.4 Å². The van der Waals surface area contributed by atoms with Gasteiger partial charge in [-0.1, -0.05) is 13.3 Å². The Morgan fingerprint density at radius 2 is 2.04 bits per heavy atom. The number of aromatic nitrogens is 2. The number of carboxylic acid groups (broad SMARTS) is 1. The maximum atomic E-state index is 11.5. The van der Waals surface area contributed by atoms with Gasteiger partial charge in [0.1, 0.15) is 10.8 Å². The van der Waals surface area contributed by atoms with Crippen LogP contribution in [0.3, 0.4) is 0 Å². The number of ether oxygens (including phenoxy) is 1. The quantitative estimate of drug-likeness (QED) is 0.629. The third kappa shape index (κ3) is 3.51. The van der Waals surface area contributed by atoms with Crippen LogP contribution in [0.2, 0.25) is 0 Å². The standard InChI is InChI=1S/C20H22N2O3S/c1-4-5-10-22-13(2)16(20(23)24)11-18(22)17-12-26-19(21-17)14-6-8-15(25-3)9-7-14/h6-9,11-12H,4-5,10H2,1-3H3,(H,23,24). The van der Waals surface area contributed by atoms with Crippen LogP contribution in [-0.2, 0) is 6.54 Å². The molecule has 0 aliphatic rings. The first-order chi connectivity index (χ1) is 12.5. The van der Waals surface area contributed by atoms with Gasteiger partial charge in [0.25, 0.3) is 0 Å². The lowest BCUT2D eigenvalue weighted by atomic mass is 10.2. The number of unbranched alkanes of at least 4 members (excludes halogenated alkanes) is 1. The summed E-state index contributed by atoms with van der Waals surface area (Å²) in [5.74, 6) is -0.0923. The molecule has 3 aromatic rings. The van der Waals surface area contributed by atoms with Gasteiger partial charge in [-0.15, -0.1) is 11.3 Å². The normalized spacial score (nSPS) is 10.9. The van der Waals surface area contributed by atoms with Crippen molar-refractivity contribution >= 4 is 17.3 Å². The van der Waals surface area contributed by atoms with Crippen molar-refractivity contribution in [3.8, 4) is 27.7 Å². The summed E-state index contributed by atoms with van der Waals surface area (Å²) in [7, 11) is 1.64. The minimum Gasteiger partial charge on any atom is -0.497 e. The smallest absolute Gasteiger partial charge is 0.337 e. The molecule has 0 bridgehead atoms. The zero-order valence-electron chi connectivity index (χ0n) is 15.2. The molecule has 26 heavy (non-hydrogen) atoms. The van der Waals surface area contributed by atoms with Crippen molar-refractivity contribution < 1.29 is 14.6 Å². The van der Waals surface area contributed by atoms with Crippen LogP contribution in [-0.4, -0.2) is 27.7 Å². The molecule has 1 aromatic carbocycles. The molecule has 1 N–H and O–H groups in total. The lowest BCUT2D eigenvalue weighted by Crippen LogP contribution is -2.04. The molecular formula is C20H22N2O3S. The van der Waals surface area contributed by atoms with E-state index in [-0.39, 0.29) is 0 Å². The first kappa shape index (κ1) is 18.2. The predicted molar refractivity (Wildman–Crippen MR) is 104 cm³/mol. The highest BCUT2D eigenvalue weighted by Gasteiger charge is 2.19. The molecule has 0 atom stereocenters. The number of carbonyl (C=O) groups is 1. The maximum absolute atomic E-state index is 11.5. The van der Waals surface area contributed by atoms with E-state index in [1.807, 2.05) is 36.6 Å². The van der Waals surface area contributed by atoms with Crippen molar-refractivity contribution in [2.45, 2.75) is 33.2 Å². The van der Waals surface area contributed by atoms with E-state index in [9.17, 15) is 9.90 Å². The number of methoxy groups -OCH3 is 1. The molecule has 2 aromatic heterocycles. The Kier molecular flexibility index (Phi) is 5.42. The van der Waals surface area contributed by atoms with Gasteiger partial charge in [0.05, 0.1) is 24.1 Å². The fourth-order valence-electron chi connectivity index (χ4n) is 2.94. The molecular weight excluding hydrogens is 348 g/mol. The molecule has 0 fully saturated rings. The van der Waals surface area contributed by atoms with Crippen LogP contribution in [0, 0.1) is 6.92 Å². The molecule has 2 heterocycles. The average Bonchev–Trinajstić information content (AvgIpc) is 3.25. The van der Waals surface area contributed by atoms with Gasteiger partial charge >= 0.3 is 5.97 Å². The van der Waals surface area contributed by atoms with Gasteiger partial charge in [0, 0.05) is 23.2 Å². The van der Waals surface area contributed by atoms with E-state index in [4.69, 9.17) is 9.72 Å². The number of rotatable bonds is 7. The van der Waals surface area contributed by atoms with Crippen molar-refractivity contribution in [3.05, 3.63) is 47.0 Å². The molecule has 0 aliphatic heterocycles. The van der Waals surface area contributed by atoms with E-state index in [1.165, 1.54) is 0 Å². The summed E-state index contributed by atoms with van der Waals surface area (Å²) in [6.45, 7) is 4.78. The Balaban J connectivity index is 1.99. The van der Waals surface area contributed by atoms with Crippen LogP contribution in [0.15, 0.2) is 35.7 Å². The number of hydrogen-bond acceptors (Lipinski definition) is 4. The number of benzene rings is 1. The Hall–Kier alpha value is -2.60. The van der Waals surface area contributed by atoms with Gasteiger partial charge < -0.3 is 14.4 Å².